The first-order valence-electron chi connectivity index (χ1n) is 12.7. The highest BCUT2D eigenvalue weighted by Gasteiger charge is 2.18. The zero-order valence-electron chi connectivity index (χ0n) is 20.3. The van der Waals surface area contributed by atoms with Crippen LogP contribution in [-0.4, -0.2) is 35.5 Å². The largest absolute Gasteiger partial charge is 0.480 e. The lowest BCUT2D eigenvalue weighted by Crippen LogP contribution is -2.40. The van der Waals surface area contributed by atoms with E-state index in [1.807, 2.05) is 0 Å². The summed E-state index contributed by atoms with van der Waals surface area (Å²) >= 11 is 0. The van der Waals surface area contributed by atoms with Gasteiger partial charge in [0.2, 0.25) is 5.91 Å². The predicted octanol–water partition coefficient (Wildman–Crippen LogP) is 5.04. The lowest BCUT2D eigenvalue weighted by atomic mass is 10.1. The summed E-state index contributed by atoms with van der Waals surface area (Å²) in [6.07, 6.45) is 22.4. The summed E-state index contributed by atoms with van der Waals surface area (Å²) in [7, 11) is 0. The molecule has 0 aliphatic heterocycles. The number of nitrogens with two attached hydrogens (primary N) is 2. The summed E-state index contributed by atoms with van der Waals surface area (Å²) in [5.74, 6) is -1.14. The molecule has 0 aromatic carbocycles. The van der Waals surface area contributed by atoms with E-state index in [0.717, 1.165) is 25.7 Å². The lowest BCUT2D eigenvalue weighted by Gasteiger charge is -2.14. The number of amides is 1. The molecule has 1 atom stereocenters. The van der Waals surface area contributed by atoms with E-state index in [0.29, 0.717) is 32.2 Å². The fourth-order valence-corrected chi connectivity index (χ4v) is 3.55. The molecule has 0 aromatic rings. The van der Waals surface area contributed by atoms with E-state index in [9.17, 15) is 14.7 Å². The van der Waals surface area contributed by atoms with E-state index >= 15 is 0 Å². The Kier molecular flexibility index (Phi) is 20.7. The summed E-state index contributed by atoms with van der Waals surface area (Å²) in [4.78, 5) is 27.2. The number of unbranched alkanes of at least 4 members (excludes halogenated alkanes) is 12. The van der Waals surface area contributed by atoms with Gasteiger partial charge in [-0.2, -0.15) is 0 Å². The van der Waals surface area contributed by atoms with Gasteiger partial charge in [0.25, 0.3) is 0 Å². The second kappa shape index (κ2) is 22.2. The van der Waals surface area contributed by atoms with Crippen molar-refractivity contribution in [2.75, 3.05) is 6.54 Å². The maximum atomic E-state index is 12.0. The van der Waals surface area contributed by atoms with Crippen molar-refractivity contribution >= 4 is 17.8 Å². The fraction of sp³-hybridized carbons (Fsp3) is 0.800. The minimum Gasteiger partial charge on any atom is -0.480 e. The first kappa shape index (κ1) is 29.9. The molecule has 0 saturated heterocycles. The second-order valence-corrected chi connectivity index (χ2v) is 8.59. The number of carbonyl (C=O) groups excluding carboxylic acids is 1. The van der Waals surface area contributed by atoms with Crippen LogP contribution in [0, 0.1) is 0 Å². The highest BCUT2D eigenvalue weighted by molar-refractivity contribution is 5.83. The van der Waals surface area contributed by atoms with Crippen LogP contribution in [0.15, 0.2) is 17.1 Å². The normalized spacial score (nSPS) is 12.0. The minimum absolute atomic E-state index is 0.0352. The van der Waals surface area contributed by atoms with Crippen LogP contribution in [0.1, 0.15) is 116 Å². The van der Waals surface area contributed by atoms with Crippen molar-refractivity contribution in [3.8, 4) is 0 Å². The number of guanidine groups is 1. The Balaban J connectivity index is 3.63. The van der Waals surface area contributed by atoms with E-state index in [1.165, 1.54) is 57.8 Å². The summed E-state index contributed by atoms with van der Waals surface area (Å²) < 4.78 is 0. The number of allylic oxidation sites excluding steroid dienone is 2. The molecule has 7 nitrogen and oxygen atoms in total. The van der Waals surface area contributed by atoms with Crippen molar-refractivity contribution in [1.29, 1.82) is 0 Å². The summed E-state index contributed by atoms with van der Waals surface area (Å²) in [6.45, 7) is 2.72. The molecule has 0 aliphatic carbocycles. The Morgan fingerprint density at radius 1 is 0.844 bits per heavy atom. The van der Waals surface area contributed by atoms with E-state index in [1.54, 1.807) is 0 Å². The monoisotopic (exact) mass is 452 g/mol. The summed E-state index contributed by atoms with van der Waals surface area (Å²) in [5, 5.41) is 11.9. The molecule has 186 valence electrons. The van der Waals surface area contributed by atoms with Crippen LogP contribution in [-0.2, 0) is 9.59 Å². The van der Waals surface area contributed by atoms with Gasteiger partial charge in [-0.25, -0.2) is 4.79 Å². The SMILES string of the molecule is CCCCCCCC/C=C\CCCCCCCC(=O)NC(CCCCN=C(N)N)C(=O)O. The molecule has 0 saturated carbocycles. The van der Waals surface area contributed by atoms with Crippen molar-refractivity contribution in [3.63, 3.8) is 0 Å². The Morgan fingerprint density at radius 3 is 1.97 bits per heavy atom. The maximum Gasteiger partial charge on any atom is 0.326 e. The first-order chi connectivity index (χ1) is 15.5. The van der Waals surface area contributed by atoms with Crippen molar-refractivity contribution in [2.24, 2.45) is 16.5 Å². The van der Waals surface area contributed by atoms with Crippen LogP contribution in [0.5, 0.6) is 0 Å². The molecule has 0 heterocycles. The maximum absolute atomic E-state index is 12.0. The van der Waals surface area contributed by atoms with E-state index < -0.39 is 12.0 Å². The van der Waals surface area contributed by atoms with Crippen LogP contribution in [0.4, 0.5) is 0 Å². The highest BCUT2D eigenvalue weighted by Crippen LogP contribution is 2.10. The van der Waals surface area contributed by atoms with Crippen LogP contribution in [0.2, 0.25) is 0 Å². The Labute approximate surface area is 195 Å². The van der Waals surface area contributed by atoms with Gasteiger partial charge in [-0.1, -0.05) is 70.4 Å². The fourth-order valence-electron chi connectivity index (χ4n) is 3.55. The third kappa shape index (κ3) is 21.2. The highest BCUT2D eigenvalue weighted by atomic mass is 16.4. The summed E-state index contributed by atoms with van der Waals surface area (Å²) in [5.41, 5.74) is 10.5. The molecule has 0 aliphatic rings. The van der Waals surface area contributed by atoms with Crippen LogP contribution >= 0.6 is 0 Å². The number of nitrogens with one attached hydrogen (secondary N) is 1. The number of hydrogen-bond donors (Lipinski definition) is 4. The number of nitrogens with zero attached hydrogens (tertiary/aromatic N) is 1. The number of hydrogen-bond acceptors (Lipinski definition) is 3. The van der Waals surface area contributed by atoms with Gasteiger partial charge in [-0.3, -0.25) is 9.79 Å². The quantitative estimate of drug-likeness (QED) is 0.0791. The molecule has 0 rings (SSSR count). The van der Waals surface area contributed by atoms with Crippen molar-refractivity contribution in [1.82, 2.24) is 5.32 Å². The second-order valence-electron chi connectivity index (χ2n) is 8.59. The Morgan fingerprint density at radius 2 is 1.41 bits per heavy atom. The lowest BCUT2D eigenvalue weighted by molar-refractivity contribution is -0.142. The van der Waals surface area contributed by atoms with Crippen LogP contribution in [0.3, 0.4) is 0 Å². The van der Waals surface area contributed by atoms with Crippen molar-refractivity contribution in [3.05, 3.63) is 12.2 Å². The zero-order valence-corrected chi connectivity index (χ0v) is 20.3. The van der Waals surface area contributed by atoms with E-state index in [-0.39, 0.29) is 11.9 Å². The number of aliphatic carboxylic acids is 1. The topological polar surface area (TPSA) is 131 Å². The molecule has 1 amide bonds. The van der Waals surface area contributed by atoms with Crippen molar-refractivity contribution in [2.45, 2.75) is 122 Å². The molecule has 1 unspecified atom stereocenters. The predicted molar refractivity (Wildman–Crippen MR) is 134 cm³/mol. The van der Waals surface area contributed by atoms with Gasteiger partial charge in [0.1, 0.15) is 6.04 Å². The van der Waals surface area contributed by atoms with Gasteiger partial charge in [-0.05, 0) is 51.4 Å². The van der Waals surface area contributed by atoms with Crippen LogP contribution < -0.4 is 16.8 Å². The van der Waals surface area contributed by atoms with E-state index in [4.69, 9.17) is 11.5 Å². The summed E-state index contributed by atoms with van der Waals surface area (Å²) in [6, 6.07) is -0.843. The minimum atomic E-state index is -0.996. The number of aliphatic imine (C=N–C) groups is 1. The van der Waals surface area contributed by atoms with Gasteiger partial charge < -0.3 is 21.9 Å². The molecule has 0 aromatic heterocycles. The number of rotatable bonds is 22. The number of carbonyl (C=O) groups is 2. The molecule has 7 heteroatoms. The van der Waals surface area contributed by atoms with Gasteiger partial charge in [0.15, 0.2) is 5.96 Å². The molecule has 0 spiro atoms. The molecule has 0 bridgehead atoms. The third-order valence-electron chi connectivity index (χ3n) is 5.49. The number of carboxylic acids is 1. The van der Waals surface area contributed by atoms with Gasteiger partial charge in [0, 0.05) is 13.0 Å². The Hall–Kier alpha value is -2.05. The molecular weight excluding hydrogens is 404 g/mol. The first-order valence-corrected chi connectivity index (χ1v) is 12.7. The molecule has 32 heavy (non-hydrogen) atoms. The molecule has 0 fully saturated rings. The average Bonchev–Trinajstić information content (AvgIpc) is 2.75. The van der Waals surface area contributed by atoms with Crippen LogP contribution in [0.25, 0.3) is 0 Å². The smallest absolute Gasteiger partial charge is 0.326 e. The van der Waals surface area contributed by atoms with Gasteiger partial charge in [-0.15, -0.1) is 0 Å². The van der Waals surface area contributed by atoms with Gasteiger partial charge in [0.05, 0.1) is 0 Å². The molecule has 0 radical (unpaired) electrons. The average molecular weight is 453 g/mol. The van der Waals surface area contributed by atoms with Crippen molar-refractivity contribution < 1.29 is 14.7 Å². The molecular formula is C25H48N4O3. The van der Waals surface area contributed by atoms with Gasteiger partial charge >= 0.3 is 5.97 Å². The molecule has 6 N–H and O–H groups in total. The Bertz CT molecular complexity index is 531. The standard InChI is InChI=1S/C25H48N4O3/c1-2-3-4-5-6-7-8-9-10-11-12-13-14-15-16-20-23(30)29-22(24(31)32)19-17-18-21-28-25(26)27/h9-10,22H,2-8,11-21H2,1H3,(H,29,30)(H,31,32)(H4,26,27,28)/b10-9-. The third-order valence-corrected chi connectivity index (χ3v) is 5.49. The van der Waals surface area contributed by atoms with E-state index in [2.05, 4.69) is 29.4 Å². The number of carboxylic acid groups (broad SMARTS) is 1. The zero-order chi connectivity index (χ0) is 23.9.